The minimum Gasteiger partial charge on any atom is -0.494 e. The summed E-state index contributed by atoms with van der Waals surface area (Å²) >= 11 is 0. The Balaban J connectivity index is 1.73. The first kappa shape index (κ1) is 15.6. The van der Waals surface area contributed by atoms with E-state index in [-0.39, 0.29) is 12.5 Å². The molecule has 2 aromatic carbocycles. The molecular formula is C16H17FN2O3. The Labute approximate surface area is 128 Å². The molecule has 0 aliphatic carbocycles. The fourth-order valence-corrected chi connectivity index (χ4v) is 1.69. The van der Waals surface area contributed by atoms with Crippen LogP contribution >= 0.6 is 0 Å². The number of rotatable bonds is 6. The van der Waals surface area contributed by atoms with Crippen LogP contribution in [0.5, 0.6) is 11.5 Å². The topological polar surface area (TPSA) is 59.6 Å². The van der Waals surface area contributed by atoms with Crippen molar-refractivity contribution in [2.45, 2.75) is 6.92 Å². The smallest absolute Gasteiger partial charge is 0.321 e. The molecule has 0 heterocycles. The van der Waals surface area contributed by atoms with Crippen LogP contribution in [0.4, 0.5) is 14.9 Å². The van der Waals surface area contributed by atoms with Crippen LogP contribution in [0.25, 0.3) is 0 Å². The first-order chi connectivity index (χ1) is 10.7. The number of ether oxygens (including phenoxy) is 2. The maximum atomic E-state index is 12.7. The lowest BCUT2D eigenvalue weighted by Gasteiger charge is -2.10. The van der Waals surface area contributed by atoms with Crippen LogP contribution in [0.1, 0.15) is 6.92 Å². The highest BCUT2D eigenvalue weighted by Gasteiger charge is 2.02. The van der Waals surface area contributed by atoms with E-state index in [9.17, 15) is 9.18 Å². The number of nitrogens with one attached hydrogen (secondary N) is 2. The number of hydrogen-bond acceptors (Lipinski definition) is 3. The predicted molar refractivity (Wildman–Crippen MR) is 81.7 cm³/mol. The average Bonchev–Trinajstić information content (AvgIpc) is 2.52. The van der Waals surface area contributed by atoms with Crippen molar-refractivity contribution in [2.75, 3.05) is 18.7 Å². The van der Waals surface area contributed by atoms with Crippen molar-refractivity contribution in [3.05, 3.63) is 54.3 Å². The third-order valence-corrected chi connectivity index (χ3v) is 2.71. The summed E-state index contributed by atoms with van der Waals surface area (Å²) in [6, 6.07) is 12.1. The van der Waals surface area contributed by atoms with Gasteiger partial charge in [-0.2, -0.15) is 0 Å². The van der Waals surface area contributed by atoms with Crippen molar-refractivity contribution < 1.29 is 18.7 Å². The molecule has 2 amide bonds. The van der Waals surface area contributed by atoms with Crippen LogP contribution in [0, 0.1) is 5.82 Å². The van der Waals surface area contributed by atoms with Crippen molar-refractivity contribution in [1.82, 2.24) is 5.32 Å². The van der Waals surface area contributed by atoms with Gasteiger partial charge in [-0.3, -0.25) is 0 Å². The summed E-state index contributed by atoms with van der Waals surface area (Å²) in [5, 5.41) is 5.10. The molecule has 6 heteroatoms. The third-order valence-electron chi connectivity index (χ3n) is 2.71. The average molecular weight is 304 g/mol. The summed E-state index contributed by atoms with van der Waals surface area (Å²) < 4.78 is 23.4. The lowest BCUT2D eigenvalue weighted by atomic mass is 10.3. The zero-order valence-electron chi connectivity index (χ0n) is 12.1. The lowest BCUT2D eigenvalue weighted by molar-refractivity contribution is 0.234. The Bertz CT molecular complexity index is 600. The Kier molecular flexibility index (Phi) is 5.59. The second-order valence-corrected chi connectivity index (χ2v) is 4.33. The molecule has 5 nitrogen and oxygen atoms in total. The summed E-state index contributed by atoms with van der Waals surface area (Å²) in [5.74, 6) is 1.02. The quantitative estimate of drug-likeness (QED) is 0.804. The van der Waals surface area contributed by atoms with E-state index in [1.165, 1.54) is 24.3 Å². The third kappa shape index (κ3) is 4.97. The van der Waals surface area contributed by atoms with Crippen molar-refractivity contribution >= 4 is 11.7 Å². The Hall–Kier alpha value is -2.76. The van der Waals surface area contributed by atoms with Gasteiger partial charge in [0.05, 0.1) is 6.61 Å². The Morgan fingerprint density at radius 2 is 1.59 bits per heavy atom. The summed E-state index contributed by atoms with van der Waals surface area (Å²) in [4.78, 5) is 11.6. The molecule has 0 atom stereocenters. The number of urea groups is 1. The SMILES string of the molecule is CCOc1ccc(OCNC(=O)Nc2ccc(F)cc2)cc1. The molecule has 0 aliphatic heterocycles. The first-order valence-corrected chi connectivity index (χ1v) is 6.83. The van der Waals surface area contributed by atoms with Gasteiger partial charge >= 0.3 is 6.03 Å². The molecule has 116 valence electrons. The Morgan fingerprint density at radius 1 is 1.00 bits per heavy atom. The fraction of sp³-hybridized carbons (Fsp3) is 0.188. The predicted octanol–water partition coefficient (Wildman–Crippen LogP) is 3.38. The maximum Gasteiger partial charge on any atom is 0.321 e. The largest absolute Gasteiger partial charge is 0.494 e. The first-order valence-electron chi connectivity index (χ1n) is 6.83. The van der Waals surface area contributed by atoms with Gasteiger partial charge in [0.2, 0.25) is 0 Å². The van der Waals surface area contributed by atoms with E-state index in [2.05, 4.69) is 10.6 Å². The number of hydrogen-bond donors (Lipinski definition) is 2. The number of halogens is 1. The van der Waals surface area contributed by atoms with E-state index in [0.29, 0.717) is 18.0 Å². The van der Waals surface area contributed by atoms with Gasteiger partial charge in [-0.05, 0) is 55.5 Å². The minimum absolute atomic E-state index is 0.0149. The fourth-order valence-electron chi connectivity index (χ4n) is 1.69. The second-order valence-electron chi connectivity index (χ2n) is 4.33. The minimum atomic E-state index is -0.433. The molecule has 0 radical (unpaired) electrons. The van der Waals surface area contributed by atoms with Gasteiger partial charge < -0.3 is 20.1 Å². The monoisotopic (exact) mass is 304 g/mol. The number of carbonyl (C=O) groups is 1. The molecule has 22 heavy (non-hydrogen) atoms. The molecule has 0 aliphatic rings. The van der Waals surface area contributed by atoms with Crippen LogP contribution in [0.2, 0.25) is 0 Å². The van der Waals surface area contributed by atoms with Crippen LogP contribution in [-0.2, 0) is 0 Å². The standard InChI is InChI=1S/C16H17FN2O3/c1-2-21-14-7-9-15(10-8-14)22-11-18-16(20)19-13-5-3-12(17)4-6-13/h3-10H,2,11H2,1H3,(H2,18,19,20). The lowest BCUT2D eigenvalue weighted by Crippen LogP contribution is -2.31. The molecule has 0 spiro atoms. The molecule has 2 rings (SSSR count). The van der Waals surface area contributed by atoms with Gasteiger partial charge in [-0.25, -0.2) is 9.18 Å². The highest BCUT2D eigenvalue weighted by atomic mass is 19.1. The van der Waals surface area contributed by atoms with Crippen LogP contribution < -0.4 is 20.1 Å². The van der Waals surface area contributed by atoms with E-state index in [0.717, 1.165) is 5.75 Å². The molecule has 2 aromatic rings. The highest BCUT2D eigenvalue weighted by molar-refractivity contribution is 5.89. The zero-order chi connectivity index (χ0) is 15.8. The summed E-state index contributed by atoms with van der Waals surface area (Å²) in [6.45, 7) is 2.53. The number of carbonyl (C=O) groups excluding carboxylic acids is 1. The van der Waals surface area contributed by atoms with Gasteiger partial charge in [0.15, 0.2) is 6.73 Å². The summed E-state index contributed by atoms with van der Waals surface area (Å²) in [6.07, 6.45) is 0. The zero-order valence-corrected chi connectivity index (χ0v) is 12.1. The van der Waals surface area contributed by atoms with E-state index < -0.39 is 6.03 Å². The van der Waals surface area contributed by atoms with Crippen molar-refractivity contribution in [2.24, 2.45) is 0 Å². The van der Waals surface area contributed by atoms with Gasteiger partial charge in [-0.1, -0.05) is 0 Å². The van der Waals surface area contributed by atoms with E-state index in [1.807, 2.05) is 6.92 Å². The molecule has 0 bridgehead atoms. The van der Waals surface area contributed by atoms with Crippen molar-refractivity contribution in [3.63, 3.8) is 0 Å². The molecule has 0 unspecified atom stereocenters. The highest BCUT2D eigenvalue weighted by Crippen LogP contribution is 2.17. The van der Waals surface area contributed by atoms with Gasteiger partial charge in [0.1, 0.15) is 17.3 Å². The maximum absolute atomic E-state index is 12.7. The van der Waals surface area contributed by atoms with Crippen LogP contribution in [0.15, 0.2) is 48.5 Å². The molecule has 2 N–H and O–H groups in total. The van der Waals surface area contributed by atoms with Gasteiger partial charge in [0.25, 0.3) is 0 Å². The van der Waals surface area contributed by atoms with E-state index in [4.69, 9.17) is 9.47 Å². The Morgan fingerprint density at radius 3 is 2.18 bits per heavy atom. The van der Waals surface area contributed by atoms with E-state index in [1.54, 1.807) is 24.3 Å². The summed E-state index contributed by atoms with van der Waals surface area (Å²) in [7, 11) is 0. The van der Waals surface area contributed by atoms with Crippen molar-refractivity contribution in [3.8, 4) is 11.5 Å². The molecule has 0 aromatic heterocycles. The van der Waals surface area contributed by atoms with E-state index >= 15 is 0 Å². The van der Waals surface area contributed by atoms with Crippen LogP contribution in [-0.4, -0.2) is 19.4 Å². The number of benzene rings is 2. The second kappa shape index (κ2) is 7.87. The number of anilines is 1. The van der Waals surface area contributed by atoms with Crippen molar-refractivity contribution in [1.29, 1.82) is 0 Å². The van der Waals surface area contributed by atoms with Crippen LogP contribution in [0.3, 0.4) is 0 Å². The van der Waals surface area contributed by atoms with Gasteiger partial charge in [0, 0.05) is 5.69 Å². The molecule has 0 saturated heterocycles. The normalized spacial score (nSPS) is 9.91. The summed E-state index contributed by atoms with van der Waals surface area (Å²) in [5.41, 5.74) is 0.500. The number of amides is 2. The molecular weight excluding hydrogens is 287 g/mol. The molecule has 0 fully saturated rings. The molecule has 0 saturated carbocycles. The van der Waals surface area contributed by atoms with Gasteiger partial charge in [-0.15, -0.1) is 0 Å².